The minimum absolute atomic E-state index is 0.0826. The van der Waals surface area contributed by atoms with E-state index < -0.39 is 0 Å². The number of aromatic nitrogens is 1. The van der Waals surface area contributed by atoms with Gasteiger partial charge in [0.2, 0.25) is 11.8 Å². The van der Waals surface area contributed by atoms with Gasteiger partial charge in [-0.15, -0.1) is 23.1 Å². The van der Waals surface area contributed by atoms with Crippen LogP contribution in [0.2, 0.25) is 0 Å². The monoisotopic (exact) mass is 383 g/mol. The molecule has 26 heavy (non-hydrogen) atoms. The second-order valence-electron chi connectivity index (χ2n) is 5.45. The van der Waals surface area contributed by atoms with E-state index in [9.17, 15) is 9.59 Å². The zero-order valence-electron chi connectivity index (χ0n) is 14.1. The van der Waals surface area contributed by atoms with Crippen molar-refractivity contribution in [3.8, 4) is 11.3 Å². The molecule has 0 aliphatic carbocycles. The lowest BCUT2D eigenvalue weighted by molar-refractivity contribution is -0.114. The highest BCUT2D eigenvalue weighted by molar-refractivity contribution is 8.00. The van der Waals surface area contributed by atoms with Crippen molar-refractivity contribution in [1.29, 1.82) is 0 Å². The molecule has 0 spiro atoms. The standard InChI is InChI=1S/C19H17N3O2S2/c1-13(23)20-15-9-7-14(8-10-15)17-11-26-19(21-17)22-18(24)12-25-16-5-3-2-4-6-16/h2-11H,12H2,1H3,(H,20,23)(H,21,22,24). The Balaban J connectivity index is 1.57. The van der Waals surface area contributed by atoms with Gasteiger partial charge < -0.3 is 10.6 Å². The number of thioether (sulfide) groups is 1. The molecule has 2 N–H and O–H groups in total. The highest BCUT2D eigenvalue weighted by atomic mass is 32.2. The van der Waals surface area contributed by atoms with Gasteiger partial charge in [-0.25, -0.2) is 4.98 Å². The van der Waals surface area contributed by atoms with Crippen molar-refractivity contribution in [3.63, 3.8) is 0 Å². The van der Waals surface area contributed by atoms with Gasteiger partial charge in [0.15, 0.2) is 5.13 Å². The lowest BCUT2D eigenvalue weighted by atomic mass is 10.1. The molecule has 0 unspecified atom stereocenters. The molecule has 0 aliphatic heterocycles. The van der Waals surface area contributed by atoms with Gasteiger partial charge in [0.1, 0.15) is 0 Å². The van der Waals surface area contributed by atoms with Gasteiger partial charge in [-0.1, -0.05) is 30.3 Å². The number of carbonyl (C=O) groups excluding carboxylic acids is 2. The molecule has 0 saturated carbocycles. The van der Waals surface area contributed by atoms with Crippen molar-refractivity contribution < 1.29 is 9.59 Å². The molecule has 7 heteroatoms. The number of hydrogen-bond acceptors (Lipinski definition) is 5. The second-order valence-corrected chi connectivity index (χ2v) is 7.35. The van der Waals surface area contributed by atoms with E-state index >= 15 is 0 Å². The van der Waals surface area contributed by atoms with Gasteiger partial charge >= 0.3 is 0 Å². The molecule has 0 aliphatic rings. The third-order valence-electron chi connectivity index (χ3n) is 3.36. The molecule has 2 aromatic carbocycles. The van der Waals surface area contributed by atoms with Crippen LogP contribution in [-0.4, -0.2) is 22.6 Å². The maximum absolute atomic E-state index is 12.1. The minimum atomic E-state index is -0.107. The van der Waals surface area contributed by atoms with E-state index in [0.29, 0.717) is 10.9 Å². The first-order valence-electron chi connectivity index (χ1n) is 7.91. The van der Waals surface area contributed by atoms with Crippen LogP contribution in [-0.2, 0) is 9.59 Å². The first-order valence-corrected chi connectivity index (χ1v) is 9.78. The second kappa shape index (κ2) is 8.64. The first-order chi connectivity index (χ1) is 12.6. The molecule has 3 rings (SSSR count). The van der Waals surface area contributed by atoms with Crippen LogP contribution >= 0.6 is 23.1 Å². The fourth-order valence-electron chi connectivity index (χ4n) is 2.21. The fraction of sp³-hybridized carbons (Fsp3) is 0.105. The van der Waals surface area contributed by atoms with Crippen molar-refractivity contribution in [2.45, 2.75) is 11.8 Å². The fourth-order valence-corrected chi connectivity index (χ4v) is 3.67. The number of anilines is 2. The number of amides is 2. The van der Waals surface area contributed by atoms with Crippen molar-refractivity contribution >= 4 is 45.7 Å². The van der Waals surface area contributed by atoms with Gasteiger partial charge in [-0.05, 0) is 24.3 Å². The maximum atomic E-state index is 12.1. The predicted molar refractivity (Wildman–Crippen MR) is 108 cm³/mol. The largest absolute Gasteiger partial charge is 0.326 e. The Bertz CT molecular complexity index is 893. The van der Waals surface area contributed by atoms with Crippen LogP contribution in [0.25, 0.3) is 11.3 Å². The summed E-state index contributed by atoms with van der Waals surface area (Å²) >= 11 is 2.87. The molecule has 1 heterocycles. The van der Waals surface area contributed by atoms with E-state index in [1.807, 2.05) is 60.0 Å². The molecule has 2 amide bonds. The summed E-state index contributed by atoms with van der Waals surface area (Å²) in [5, 5.41) is 8.03. The summed E-state index contributed by atoms with van der Waals surface area (Å²) in [4.78, 5) is 28.6. The number of nitrogens with zero attached hydrogens (tertiary/aromatic N) is 1. The Hall–Kier alpha value is -2.64. The van der Waals surface area contributed by atoms with Gasteiger partial charge in [-0.3, -0.25) is 9.59 Å². The third kappa shape index (κ3) is 5.18. The Kier molecular flexibility index (Phi) is 6.04. The third-order valence-corrected chi connectivity index (χ3v) is 5.13. The van der Waals surface area contributed by atoms with Gasteiger partial charge in [-0.2, -0.15) is 0 Å². The molecule has 3 aromatic rings. The molecule has 0 radical (unpaired) electrons. The van der Waals surface area contributed by atoms with Crippen LogP contribution in [0.1, 0.15) is 6.92 Å². The van der Waals surface area contributed by atoms with Gasteiger partial charge in [0, 0.05) is 28.5 Å². The smallest absolute Gasteiger partial charge is 0.236 e. The molecule has 0 atom stereocenters. The summed E-state index contributed by atoms with van der Waals surface area (Å²) in [6.07, 6.45) is 0. The molecule has 5 nitrogen and oxygen atoms in total. The van der Waals surface area contributed by atoms with Gasteiger partial charge in [0.05, 0.1) is 11.4 Å². The van der Waals surface area contributed by atoms with E-state index in [1.165, 1.54) is 30.0 Å². The molecule has 0 saturated heterocycles. The van der Waals surface area contributed by atoms with Crippen LogP contribution in [0.15, 0.2) is 64.9 Å². The van der Waals surface area contributed by atoms with E-state index in [-0.39, 0.29) is 11.8 Å². The number of hydrogen-bond donors (Lipinski definition) is 2. The molecule has 0 fully saturated rings. The quantitative estimate of drug-likeness (QED) is 0.615. The molecule has 132 valence electrons. The van der Waals surface area contributed by atoms with Crippen molar-refractivity contribution in [3.05, 3.63) is 60.0 Å². The van der Waals surface area contributed by atoms with Crippen molar-refractivity contribution in [2.75, 3.05) is 16.4 Å². The zero-order chi connectivity index (χ0) is 18.4. The SMILES string of the molecule is CC(=O)Nc1ccc(-c2csc(NC(=O)CSc3ccccc3)n2)cc1. The summed E-state index contributed by atoms with van der Waals surface area (Å²) in [6.45, 7) is 1.47. The molecular formula is C19H17N3O2S2. The maximum Gasteiger partial charge on any atom is 0.236 e. The van der Waals surface area contributed by atoms with E-state index in [0.717, 1.165) is 21.8 Å². The molecule has 1 aromatic heterocycles. The van der Waals surface area contributed by atoms with E-state index in [2.05, 4.69) is 15.6 Å². The highest BCUT2D eigenvalue weighted by Crippen LogP contribution is 2.26. The van der Waals surface area contributed by atoms with Crippen LogP contribution in [0.3, 0.4) is 0 Å². The van der Waals surface area contributed by atoms with Crippen LogP contribution in [0, 0.1) is 0 Å². The number of thiazole rings is 1. The zero-order valence-corrected chi connectivity index (χ0v) is 15.7. The van der Waals surface area contributed by atoms with Crippen LogP contribution < -0.4 is 10.6 Å². The first kappa shape index (κ1) is 18.2. The van der Waals surface area contributed by atoms with Crippen LogP contribution in [0.5, 0.6) is 0 Å². The lowest BCUT2D eigenvalue weighted by Gasteiger charge is -2.03. The predicted octanol–water partition coefficient (Wildman–Crippen LogP) is 4.50. The van der Waals surface area contributed by atoms with Crippen LogP contribution in [0.4, 0.5) is 10.8 Å². The Morgan fingerprint density at radius 3 is 2.46 bits per heavy atom. The molecular weight excluding hydrogens is 366 g/mol. The van der Waals surface area contributed by atoms with Crippen molar-refractivity contribution in [1.82, 2.24) is 4.98 Å². The summed E-state index contributed by atoms with van der Waals surface area (Å²) in [5.41, 5.74) is 2.45. The number of benzene rings is 2. The average Bonchev–Trinajstić information content (AvgIpc) is 3.09. The minimum Gasteiger partial charge on any atom is -0.326 e. The number of rotatable bonds is 6. The Morgan fingerprint density at radius 1 is 1.04 bits per heavy atom. The summed E-state index contributed by atoms with van der Waals surface area (Å²) in [6, 6.07) is 17.2. The topological polar surface area (TPSA) is 71.1 Å². The number of nitrogens with one attached hydrogen (secondary N) is 2. The molecule has 0 bridgehead atoms. The Morgan fingerprint density at radius 2 is 1.77 bits per heavy atom. The van der Waals surface area contributed by atoms with E-state index in [4.69, 9.17) is 0 Å². The summed E-state index contributed by atoms with van der Waals surface area (Å²) in [5.74, 6) is 0.148. The lowest BCUT2D eigenvalue weighted by Crippen LogP contribution is -2.13. The van der Waals surface area contributed by atoms with Crippen molar-refractivity contribution in [2.24, 2.45) is 0 Å². The number of carbonyl (C=O) groups is 2. The van der Waals surface area contributed by atoms with E-state index in [1.54, 1.807) is 0 Å². The normalized spacial score (nSPS) is 10.3. The Labute approximate surface area is 159 Å². The summed E-state index contributed by atoms with van der Waals surface area (Å²) in [7, 11) is 0. The highest BCUT2D eigenvalue weighted by Gasteiger charge is 2.09. The van der Waals surface area contributed by atoms with Gasteiger partial charge in [0.25, 0.3) is 0 Å². The average molecular weight is 383 g/mol. The summed E-state index contributed by atoms with van der Waals surface area (Å²) < 4.78 is 0.